The zero-order valence-corrected chi connectivity index (χ0v) is 8.51. The van der Waals surface area contributed by atoms with Crippen molar-refractivity contribution in [1.82, 2.24) is 0 Å². The molecule has 0 unspecified atom stereocenters. The maximum Gasteiger partial charge on any atom is 0.135 e. The van der Waals surface area contributed by atoms with Crippen LogP contribution in [0.15, 0.2) is 34.7 Å². The van der Waals surface area contributed by atoms with E-state index in [1.54, 1.807) is 12.1 Å². The number of hydrogen-bond acceptors (Lipinski definition) is 2. The van der Waals surface area contributed by atoms with E-state index in [9.17, 15) is 0 Å². The van der Waals surface area contributed by atoms with Gasteiger partial charge in [0.05, 0.1) is 5.02 Å². The van der Waals surface area contributed by atoms with Gasteiger partial charge in [-0.05, 0) is 37.3 Å². The Labute approximate surface area is 87.3 Å². The first kappa shape index (κ1) is 9.16. The van der Waals surface area contributed by atoms with E-state index in [0.717, 1.165) is 17.1 Å². The lowest BCUT2D eigenvalue weighted by molar-refractivity contribution is 0.548. The highest BCUT2D eigenvalue weighted by Crippen LogP contribution is 2.30. The molecule has 3 heteroatoms. The highest BCUT2D eigenvalue weighted by Gasteiger charge is 2.06. The van der Waals surface area contributed by atoms with E-state index >= 15 is 0 Å². The molecule has 14 heavy (non-hydrogen) atoms. The van der Waals surface area contributed by atoms with Crippen molar-refractivity contribution in [2.45, 2.75) is 6.92 Å². The number of nitrogen functional groups attached to an aromatic ring is 1. The minimum absolute atomic E-state index is 0.611. The summed E-state index contributed by atoms with van der Waals surface area (Å²) in [5, 5.41) is 0.611. The van der Waals surface area contributed by atoms with Gasteiger partial charge in [0.1, 0.15) is 11.5 Å². The predicted octanol–water partition coefficient (Wildman–Crippen LogP) is 3.49. The standard InChI is InChI=1S/C11H10ClNO/c1-7-2-5-11(14-7)9-4-3-8(13)6-10(9)12/h2-6H,13H2,1H3. The van der Waals surface area contributed by atoms with Crippen molar-refractivity contribution in [2.24, 2.45) is 0 Å². The van der Waals surface area contributed by atoms with Crippen molar-refractivity contribution in [1.29, 1.82) is 0 Å². The van der Waals surface area contributed by atoms with Crippen LogP contribution in [0, 0.1) is 6.92 Å². The molecule has 0 fully saturated rings. The van der Waals surface area contributed by atoms with E-state index in [1.165, 1.54) is 0 Å². The van der Waals surface area contributed by atoms with E-state index in [2.05, 4.69) is 0 Å². The fraction of sp³-hybridized carbons (Fsp3) is 0.0909. The van der Waals surface area contributed by atoms with Gasteiger partial charge in [-0.3, -0.25) is 0 Å². The lowest BCUT2D eigenvalue weighted by Crippen LogP contribution is -1.84. The lowest BCUT2D eigenvalue weighted by atomic mass is 10.1. The summed E-state index contributed by atoms with van der Waals surface area (Å²) in [5.74, 6) is 1.64. The first-order valence-corrected chi connectivity index (χ1v) is 4.66. The van der Waals surface area contributed by atoms with Gasteiger partial charge in [0, 0.05) is 11.3 Å². The Balaban J connectivity index is 2.52. The van der Waals surface area contributed by atoms with Gasteiger partial charge in [-0.25, -0.2) is 0 Å². The van der Waals surface area contributed by atoms with Crippen LogP contribution >= 0.6 is 11.6 Å². The Bertz CT molecular complexity index is 462. The van der Waals surface area contributed by atoms with E-state index in [-0.39, 0.29) is 0 Å². The Morgan fingerprint density at radius 2 is 2.00 bits per heavy atom. The molecule has 0 atom stereocenters. The second-order valence-electron chi connectivity index (χ2n) is 3.15. The van der Waals surface area contributed by atoms with Crippen LogP contribution in [0.1, 0.15) is 5.76 Å². The summed E-state index contributed by atoms with van der Waals surface area (Å²) in [4.78, 5) is 0. The maximum atomic E-state index is 6.03. The average Bonchev–Trinajstić information content (AvgIpc) is 2.51. The van der Waals surface area contributed by atoms with E-state index in [1.807, 2.05) is 25.1 Å². The molecule has 72 valence electrons. The Morgan fingerprint density at radius 1 is 1.21 bits per heavy atom. The number of nitrogens with two attached hydrogens (primary N) is 1. The molecule has 2 N–H and O–H groups in total. The molecule has 1 heterocycles. The fourth-order valence-electron chi connectivity index (χ4n) is 1.31. The van der Waals surface area contributed by atoms with Crippen molar-refractivity contribution >= 4 is 17.3 Å². The summed E-state index contributed by atoms with van der Waals surface area (Å²) in [7, 11) is 0. The second kappa shape index (κ2) is 3.39. The van der Waals surface area contributed by atoms with Crippen LogP contribution in [0.3, 0.4) is 0 Å². The molecule has 0 aliphatic rings. The number of benzene rings is 1. The van der Waals surface area contributed by atoms with Gasteiger partial charge in [-0.1, -0.05) is 11.6 Å². The molecule has 0 spiro atoms. The second-order valence-corrected chi connectivity index (χ2v) is 3.56. The molecule has 0 radical (unpaired) electrons. The molecule has 1 aromatic heterocycles. The Kier molecular flexibility index (Phi) is 2.22. The maximum absolute atomic E-state index is 6.03. The summed E-state index contributed by atoms with van der Waals surface area (Å²) < 4.78 is 5.46. The van der Waals surface area contributed by atoms with Crippen LogP contribution in [-0.4, -0.2) is 0 Å². The summed E-state index contributed by atoms with van der Waals surface area (Å²) in [5.41, 5.74) is 7.12. The van der Waals surface area contributed by atoms with Gasteiger partial charge in [0.15, 0.2) is 0 Å². The molecule has 0 bridgehead atoms. The van der Waals surface area contributed by atoms with Gasteiger partial charge >= 0.3 is 0 Å². The summed E-state index contributed by atoms with van der Waals surface area (Å²) in [6.45, 7) is 1.90. The van der Waals surface area contributed by atoms with Crippen LogP contribution < -0.4 is 5.73 Å². The highest BCUT2D eigenvalue weighted by molar-refractivity contribution is 6.33. The zero-order chi connectivity index (χ0) is 10.1. The monoisotopic (exact) mass is 207 g/mol. The molecular formula is C11H10ClNO. The van der Waals surface area contributed by atoms with Gasteiger partial charge in [-0.15, -0.1) is 0 Å². The van der Waals surface area contributed by atoms with Crippen molar-refractivity contribution in [3.05, 3.63) is 41.1 Å². The summed E-state index contributed by atoms with van der Waals surface area (Å²) in [6.07, 6.45) is 0. The number of anilines is 1. The minimum atomic E-state index is 0.611. The van der Waals surface area contributed by atoms with Crippen LogP contribution in [-0.2, 0) is 0 Å². The molecule has 0 aliphatic heterocycles. The lowest BCUT2D eigenvalue weighted by Gasteiger charge is -2.01. The fourth-order valence-corrected chi connectivity index (χ4v) is 1.59. The molecule has 2 aromatic rings. The Hall–Kier alpha value is -1.41. The highest BCUT2D eigenvalue weighted by atomic mass is 35.5. The quantitative estimate of drug-likeness (QED) is 0.727. The largest absolute Gasteiger partial charge is 0.461 e. The smallest absolute Gasteiger partial charge is 0.135 e. The number of hydrogen-bond donors (Lipinski definition) is 1. The first-order chi connectivity index (χ1) is 6.66. The van der Waals surface area contributed by atoms with Gasteiger partial charge in [-0.2, -0.15) is 0 Å². The molecule has 1 aromatic carbocycles. The number of rotatable bonds is 1. The average molecular weight is 208 g/mol. The number of halogens is 1. The Morgan fingerprint density at radius 3 is 2.57 bits per heavy atom. The van der Waals surface area contributed by atoms with Crippen molar-refractivity contribution in [2.75, 3.05) is 5.73 Å². The molecular weight excluding hydrogens is 198 g/mol. The third-order valence-corrected chi connectivity index (χ3v) is 2.31. The summed E-state index contributed by atoms with van der Waals surface area (Å²) >= 11 is 6.03. The van der Waals surface area contributed by atoms with Crippen LogP contribution in [0.2, 0.25) is 5.02 Å². The van der Waals surface area contributed by atoms with Crippen LogP contribution in [0.25, 0.3) is 11.3 Å². The van der Waals surface area contributed by atoms with E-state index < -0.39 is 0 Å². The van der Waals surface area contributed by atoms with Gasteiger partial charge in [0.2, 0.25) is 0 Å². The van der Waals surface area contributed by atoms with Gasteiger partial charge in [0.25, 0.3) is 0 Å². The van der Waals surface area contributed by atoms with Crippen molar-refractivity contribution < 1.29 is 4.42 Å². The minimum Gasteiger partial charge on any atom is -0.461 e. The number of furan rings is 1. The summed E-state index contributed by atoms with van der Waals surface area (Å²) in [6, 6.07) is 9.18. The molecule has 0 aliphatic carbocycles. The molecule has 2 nitrogen and oxygen atoms in total. The molecule has 0 saturated carbocycles. The first-order valence-electron chi connectivity index (χ1n) is 4.28. The third kappa shape index (κ3) is 1.61. The van der Waals surface area contributed by atoms with E-state index in [0.29, 0.717) is 10.7 Å². The van der Waals surface area contributed by atoms with E-state index in [4.69, 9.17) is 21.8 Å². The topological polar surface area (TPSA) is 39.2 Å². The third-order valence-electron chi connectivity index (χ3n) is 2.00. The SMILES string of the molecule is Cc1ccc(-c2ccc(N)cc2Cl)o1. The predicted molar refractivity (Wildman–Crippen MR) is 58.3 cm³/mol. The molecule has 2 rings (SSSR count). The van der Waals surface area contributed by atoms with Crippen LogP contribution in [0.5, 0.6) is 0 Å². The van der Waals surface area contributed by atoms with Gasteiger partial charge < -0.3 is 10.2 Å². The molecule has 0 saturated heterocycles. The van der Waals surface area contributed by atoms with Crippen molar-refractivity contribution in [3.63, 3.8) is 0 Å². The zero-order valence-electron chi connectivity index (χ0n) is 7.75. The van der Waals surface area contributed by atoms with Crippen molar-refractivity contribution in [3.8, 4) is 11.3 Å². The van der Waals surface area contributed by atoms with Crippen LogP contribution in [0.4, 0.5) is 5.69 Å². The normalized spacial score (nSPS) is 10.4. The number of aryl methyl sites for hydroxylation is 1. The molecule has 0 amide bonds.